The van der Waals surface area contributed by atoms with Crippen molar-refractivity contribution in [3.63, 3.8) is 0 Å². The minimum atomic E-state index is -4.93. The lowest BCUT2D eigenvalue weighted by Gasteiger charge is -2.16. The molecule has 5 rings (SSSR count). The Kier molecular flexibility index (Phi) is 9.49. The first-order valence-electron chi connectivity index (χ1n) is 13.8. The zero-order valence-corrected chi connectivity index (χ0v) is 25.9. The van der Waals surface area contributed by atoms with Crippen LogP contribution in [0, 0.1) is 0 Å². The zero-order valence-electron chi connectivity index (χ0n) is 24.2. The molecule has 0 unspecified atom stereocenters. The SMILES string of the molecule is C=C(c1ccccc1)c1ccc(COc2cc(S(=O)(=O)O)c(OCc3ccc(C(=O)c4ccccc4)cc3)cc2S(=O)(=O)O)cc1. The van der Waals surface area contributed by atoms with Gasteiger partial charge in [0, 0.05) is 23.3 Å². The second kappa shape index (κ2) is 13.5. The molecule has 0 atom stereocenters. The summed E-state index contributed by atoms with van der Waals surface area (Å²) in [5.74, 6) is -1.23. The van der Waals surface area contributed by atoms with E-state index in [9.17, 15) is 30.7 Å². The monoisotopic (exact) mass is 656 g/mol. The predicted molar refractivity (Wildman–Crippen MR) is 172 cm³/mol. The highest BCUT2D eigenvalue weighted by molar-refractivity contribution is 7.86. The van der Waals surface area contributed by atoms with Crippen molar-refractivity contribution >= 4 is 31.6 Å². The summed E-state index contributed by atoms with van der Waals surface area (Å²) in [5.41, 5.74) is 4.63. The molecule has 5 aromatic rings. The smallest absolute Gasteiger partial charge is 0.298 e. The molecule has 0 amide bonds. The Balaban J connectivity index is 1.35. The lowest BCUT2D eigenvalue weighted by molar-refractivity contribution is 0.103. The van der Waals surface area contributed by atoms with E-state index >= 15 is 0 Å². The number of ketones is 1. The second-order valence-corrected chi connectivity index (χ2v) is 13.0. The van der Waals surface area contributed by atoms with Crippen molar-refractivity contribution in [2.75, 3.05) is 0 Å². The molecule has 0 spiro atoms. The third-order valence-electron chi connectivity index (χ3n) is 7.03. The van der Waals surface area contributed by atoms with Crippen molar-refractivity contribution in [1.82, 2.24) is 0 Å². The molecule has 0 aromatic heterocycles. The van der Waals surface area contributed by atoms with Gasteiger partial charge in [0.05, 0.1) is 0 Å². The first-order valence-corrected chi connectivity index (χ1v) is 16.7. The molecular weight excluding hydrogens is 629 g/mol. The molecule has 0 aliphatic heterocycles. The molecule has 0 aliphatic rings. The maximum atomic E-state index is 12.7. The molecule has 0 radical (unpaired) electrons. The standard InChI is InChI=1S/C35H28O9S2/c1-24(27-8-4-2-5-9-27)28-16-12-25(13-17-28)22-43-31-20-34(46(40,41)42)32(21-33(31)45(37,38)39)44-23-26-14-18-30(19-15-26)35(36)29-10-6-3-7-11-29/h2-21H,1,22-23H2,(H,37,38,39)(H,40,41,42). The van der Waals surface area contributed by atoms with Gasteiger partial charge in [0.2, 0.25) is 0 Å². The molecule has 11 heteroatoms. The second-order valence-electron chi connectivity index (χ2n) is 10.2. The fourth-order valence-electron chi connectivity index (χ4n) is 4.59. The van der Waals surface area contributed by atoms with Crippen LogP contribution in [0.25, 0.3) is 5.57 Å². The van der Waals surface area contributed by atoms with Crippen LogP contribution in [0.4, 0.5) is 0 Å². The summed E-state index contributed by atoms with van der Waals surface area (Å²) in [4.78, 5) is 11.2. The van der Waals surface area contributed by atoms with E-state index in [-0.39, 0.29) is 19.0 Å². The van der Waals surface area contributed by atoms with E-state index in [1.54, 1.807) is 66.7 Å². The van der Waals surface area contributed by atoms with Crippen LogP contribution in [0.1, 0.15) is 38.2 Å². The van der Waals surface area contributed by atoms with Gasteiger partial charge in [0.15, 0.2) is 5.78 Å². The molecule has 0 heterocycles. The van der Waals surface area contributed by atoms with Crippen molar-refractivity contribution in [2.45, 2.75) is 23.0 Å². The Morgan fingerprint density at radius 1 is 0.543 bits per heavy atom. The molecule has 2 N–H and O–H groups in total. The van der Waals surface area contributed by atoms with Gasteiger partial charge < -0.3 is 9.47 Å². The van der Waals surface area contributed by atoms with Gasteiger partial charge in [0.1, 0.15) is 34.5 Å². The molecular formula is C35H28O9S2. The van der Waals surface area contributed by atoms with Crippen LogP contribution in [0.15, 0.2) is 138 Å². The Morgan fingerprint density at radius 3 is 1.30 bits per heavy atom. The molecule has 9 nitrogen and oxygen atoms in total. The molecule has 0 saturated heterocycles. The Labute approximate surface area is 266 Å². The lowest BCUT2D eigenvalue weighted by Crippen LogP contribution is -2.10. The third kappa shape index (κ3) is 7.76. The highest BCUT2D eigenvalue weighted by Crippen LogP contribution is 2.36. The number of hydrogen-bond donors (Lipinski definition) is 2. The molecule has 0 saturated carbocycles. The van der Waals surface area contributed by atoms with Gasteiger partial charge in [-0.15, -0.1) is 0 Å². The average molecular weight is 657 g/mol. The number of carbonyl (C=O) groups is 1. The Morgan fingerprint density at radius 2 is 0.891 bits per heavy atom. The van der Waals surface area contributed by atoms with Crippen molar-refractivity contribution in [2.24, 2.45) is 0 Å². The van der Waals surface area contributed by atoms with E-state index in [0.29, 0.717) is 22.3 Å². The van der Waals surface area contributed by atoms with Crippen LogP contribution in [-0.4, -0.2) is 31.7 Å². The maximum Gasteiger partial charge on any atom is 0.298 e. The van der Waals surface area contributed by atoms with Gasteiger partial charge in [-0.05, 0) is 27.8 Å². The van der Waals surface area contributed by atoms with Crippen molar-refractivity contribution < 1.29 is 40.2 Å². The van der Waals surface area contributed by atoms with E-state index in [4.69, 9.17) is 9.47 Å². The number of carbonyl (C=O) groups excluding carboxylic acids is 1. The summed E-state index contributed by atoms with van der Waals surface area (Å²) in [5, 5.41) is 0. The molecule has 5 aromatic carbocycles. The van der Waals surface area contributed by atoms with E-state index in [1.807, 2.05) is 42.5 Å². The Bertz CT molecular complexity index is 1940. The van der Waals surface area contributed by atoms with E-state index in [1.165, 1.54) is 0 Å². The molecule has 46 heavy (non-hydrogen) atoms. The molecule has 0 fully saturated rings. The first kappa shape index (κ1) is 32.3. The summed E-state index contributed by atoms with van der Waals surface area (Å²) >= 11 is 0. The van der Waals surface area contributed by atoms with E-state index < -0.39 is 41.5 Å². The highest BCUT2D eigenvalue weighted by atomic mass is 32.2. The van der Waals surface area contributed by atoms with Crippen molar-refractivity contribution in [1.29, 1.82) is 0 Å². The number of hydrogen-bond acceptors (Lipinski definition) is 7. The predicted octanol–water partition coefficient (Wildman–Crippen LogP) is 6.63. The van der Waals surface area contributed by atoms with Crippen LogP contribution in [0.2, 0.25) is 0 Å². The summed E-state index contributed by atoms with van der Waals surface area (Å²) in [7, 11) is -9.86. The normalized spacial score (nSPS) is 11.5. The Hall–Kier alpha value is -5.07. The summed E-state index contributed by atoms with van der Waals surface area (Å²) in [6, 6.07) is 33.2. The van der Waals surface area contributed by atoms with Crippen LogP contribution < -0.4 is 9.47 Å². The number of benzene rings is 5. The minimum Gasteiger partial charge on any atom is -0.487 e. The molecule has 234 valence electrons. The van der Waals surface area contributed by atoms with E-state index in [0.717, 1.165) is 28.8 Å². The van der Waals surface area contributed by atoms with Crippen LogP contribution in [0.3, 0.4) is 0 Å². The van der Waals surface area contributed by atoms with Gasteiger partial charge in [-0.25, -0.2) is 0 Å². The number of ether oxygens (including phenoxy) is 2. The van der Waals surface area contributed by atoms with Crippen molar-refractivity contribution in [3.8, 4) is 11.5 Å². The highest BCUT2D eigenvalue weighted by Gasteiger charge is 2.26. The quantitative estimate of drug-likeness (QED) is 0.112. The number of rotatable bonds is 12. The lowest BCUT2D eigenvalue weighted by atomic mass is 9.99. The zero-order chi connectivity index (χ0) is 32.9. The summed E-state index contributed by atoms with van der Waals surface area (Å²) < 4.78 is 80.3. The van der Waals surface area contributed by atoms with Crippen LogP contribution in [-0.2, 0) is 33.5 Å². The summed E-state index contributed by atoms with van der Waals surface area (Å²) in [6.07, 6.45) is 0. The largest absolute Gasteiger partial charge is 0.487 e. The molecule has 0 aliphatic carbocycles. The fraction of sp³-hybridized carbons (Fsp3) is 0.0571. The first-order chi connectivity index (χ1) is 21.9. The van der Waals surface area contributed by atoms with Gasteiger partial charge in [-0.1, -0.05) is 116 Å². The third-order valence-corrected chi connectivity index (χ3v) is 8.78. The van der Waals surface area contributed by atoms with E-state index in [2.05, 4.69) is 6.58 Å². The maximum absolute atomic E-state index is 12.7. The minimum absolute atomic E-state index is 0.191. The van der Waals surface area contributed by atoms with Crippen LogP contribution >= 0.6 is 0 Å². The van der Waals surface area contributed by atoms with Gasteiger partial charge in [-0.3, -0.25) is 13.9 Å². The van der Waals surface area contributed by atoms with Gasteiger partial charge >= 0.3 is 0 Å². The topological polar surface area (TPSA) is 144 Å². The van der Waals surface area contributed by atoms with Crippen molar-refractivity contribution in [3.05, 3.63) is 161 Å². The average Bonchev–Trinajstić information content (AvgIpc) is 3.06. The van der Waals surface area contributed by atoms with Gasteiger partial charge in [0.25, 0.3) is 20.2 Å². The molecule has 0 bridgehead atoms. The van der Waals surface area contributed by atoms with Gasteiger partial charge in [-0.2, -0.15) is 16.8 Å². The fourth-order valence-corrected chi connectivity index (χ4v) is 5.85. The van der Waals surface area contributed by atoms with Crippen LogP contribution in [0.5, 0.6) is 11.5 Å². The summed E-state index contributed by atoms with van der Waals surface area (Å²) in [6.45, 7) is 3.67.